The lowest BCUT2D eigenvalue weighted by Gasteiger charge is -2.25. The number of fused-ring (bicyclic) bond motifs is 36. The summed E-state index contributed by atoms with van der Waals surface area (Å²) < 4.78 is 7.97. The Labute approximate surface area is 722 Å². The number of pyridine rings is 3. The van der Waals surface area contributed by atoms with Gasteiger partial charge in [-0.15, -0.1) is 34.0 Å². The monoisotopic (exact) mass is 1610 g/mol. The Morgan fingerprint density at radius 3 is 0.886 bits per heavy atom. The molecule has 3 aliphatic carbocycles. The molecule has 18 aromatic carbocycles. The predicted molar refractivity (Wildman–Crippen MR) is 526 cm³/mol. The van der Waals surface area contributed by atoms with Gasteiger partial charge in [-0.3, -0.25) is 15.0 Å². The van der Waals surface area contributed by atoms with E-state index in [-0.39, 0.29) is 0 Å². The van der Waals surface area contributed by atoms with Crippen LogP contribution in [-0.4, -0.2) is 15.0 Å². The summed E-state index contributed by atoms with van der Waals surface area (Å²) in [5.41, 5.74) is 40.6. The first-order valence-corrected chi connectivity index (χ1v) is 44.4. The van der Waals surface area contributed by atoms with Crippen LogP contribution in [0.25, 0.3) is 260 Å². The third-order valence-corrected chi connectivity index (χ3v) is 29.2. The predicted octanol–water partition coefficient (Wildman–Crippen LogP) is 33.8. The first-order valence-electron chi connectivity index (χ1n) is 41.9. The fourth-order valence-electron chi connectivity index (χ4n) is 20.0. The highest BCUT2D eigenvalue weighted by atomic mass is 32.1. The Kier molecular flexibility index (Phi) is 16.6. The number of aromatic nitrogens is 3. The molecule has 27 rings (SSSR count). The second-order valence-electron chi connectivity index (χ2n) is 32.1. The lowest BCUT2D eigenvalue weighted by molar-refractivity contribution is 1.41. The molecule has 24 aromatic rings. The van der Waals surface area contributed by atoms with Gasteiger partial charge in [0.2, 0.25) is 0 Å². The first kappa shape index (κ1) is 70.8. The lowest BCUT2D eigenvalue weighted by Crippen LogP contribution is -1.99. The Morgan fingerprint density at radius 2 is 0.431 bits per heavy atom. The number of hydrogen-bond acceptors (Lipinski definition) is 6. The maximum Gasteiger partial charge on any atom is 0.0714 e. The molecule has 0 fully saturated rings. The minimum atomic E-state index is 1.01. The highest BCUT2D eigenvalue weighted by Crippen LogP contribution is 2.57. The standard InChI is InChI=1S/3C39H23NS/c1-3-13-27-25(11-1)26-12-2-4-14-28(26)34-22-24-10-9-21-40-36(24)23-35(34)38-30(27)16-7-17-31(38)33-19-8-18-32-29-15-5-6-20-37(29)41-39(32)33;1-2-11-25-24(10-1)26-12-3-5-14-28(26)34-22-36-30(20-21-40-37(36)23-35(34)29-15-6-4-13-27(25)29)32-17-9-18-33-31-16-7-8-19-38(31)41-39(32)33;1-2-12-29-27(10-1)28-11-3-4-13-30(28)35-22-25-9-8-20-40-37(25)23-36(35)34-21-24(18-19-31(29)34)26-15-7-16-33-32-14-5-6-17-38(32)41-39(26)33/h3*1-23H. The summed E-state index contributed by atoms with van der Waals surface area (Å²) >= 11 is 5.65. The molecule has 123 heavy (non-hydrogen) atoms. The van der Waals surface area contributed by atoms with Crippen molar-refractivity contribution in [3.8, 4) is 167 Å². The topological polar surface area (TPSA) is 38.7 Å². The normalized spacial score (nSPS) is 11.9. The molecule has 0 spiro atoms. The maximum atomic E-state index is 4.93. The minimum Gasteiger partial charge on any atom is -0.256 e. The van der Waals surface area contributed by atoms with Crippen molar-refractivity contribution >= 4 is 127 Å². The summed E-state index contributed by atoms with van der Waals surface area (Å²) in [6.07, 6.45) is 5.75. The molecule has 0 bridgehead atoms. The van der Waals surface area contributed by atoms with Crippen LogP contribution in [0.4, 0.5) is 0 Å². The van der Waals surface area contributed by atoms with E-state index in [9.17, 15) is 0 Å². The molecule has 0 saturated carbocycles. The maximum absolute atomic E-state index is 4.93. The molecule has 3 aliphatic rings. The molecular formula is C117H69N3S3. The van der Waals surface area contributed by atoms with Crippen LogP contribution >= 0.6 is 34.0 Å². The molecule has 6 heteroatoms. The van der Waals surface area contributed by atoms with Crippen molar-refractivity contribution < 1.29 is 0 Å². The third kappa shape index (κ3) is 11.5. The molecule has 0 aliphatic heterocycles. The lowest BCUT2D eigenvalue weighted by atomic mass is 9.78. The highest BCUT2D eigenvalue weighted by molar-refractivity contribution is 7.27. The van der Waals surface area contributed by atoms with E-state index >= 15 is 0 Å². The van der Waals surface area contributed by atoms with E-state index in [1.165, 1.54) is 233 Å². The smallest absolute Gasteiger partial charge is 0.0714 e. The second-order valence-corrected chi connectivity index (χ2v) is 35.3. The Morgan fingerprint density at radius 1 is 0.146 bits per heavy atom. The number of hydrogen-bond donors (Lipinski definition) is 0. The molecule has 570 valence electrons. The van der Waals surface area contributed by atoms with E-state index in [1.54, 1.807) is 0 Å². The number of rotatable bonds is 3. The zero-order valence-electron chi connectivity index (χ0n) is 66.4. The number of thiophene rings is 3. The van der Waals surface area contributed by atoms with E-state index in [4.69, 9.17) is 15.0 Å². The van der Waals surface area contributed by atoms with Gasteiger partial charge in [0.05, 0.1) is 16.6 Å². The van der Waals surface area contributed by atoms with Gasteiger partial charge >= 0.3 is 0 Å². The quantitative estimate of drug-likeness (QED) is 0.177. The van der Waals surface area contributed by atoms with Crippen LogP contribution < -0.4 is 0 Å². The molecule has 3 nitrogen and oxygen atoms in total. The summed E-state index contributed by atoms with van der Waals surface area (Å²) in [5.74, 6) is 0. The molecule has 0 radical (unpaired) electrons. The molecule has 0 N–H and O–H groups in total. The first-order chi connectivity index (χ1) is 61.0. The average molecular weight is 1610 g/mol. The van der Waals surface area contributed by atoms with Gasteiger partial charge in [0, 0.05) is 106 Å². The van der Waals surface area contributed by atoms with Gasteiger partial charge < -0.3 is 0 Å². The van der Waals surface area contributed by atoms with E-state index in [0.29, 0.717) is 0 Å². The van der Waals surface area contributed by atoms with Crippen LogP contribution in [0.1, 0.15) is 0 Å². The van der Waals surface area contributed by atoms with Crippen LogP contribution in [-0.2, 0) is 0 Å². The third-order valence-electron chi connectivity index (χ3n) is 25.5. The van der Waals surface area contributed by atoms with E-state index in [2.05, 4.69) is 388 Å². The van der Waals surface area contributed by atoms with Crippen molar-refractivity contribution in [2.45, 2.75) is 0 Å². The summed E-state index contributed by atoms with van der Waals surface area (Å²) in [6, 6.07) is 147. The Hall–Kier alpha value is -15.2. The molecule has 6 aromatic heterocycles. The average Bonchev–Trinajstić information content (AvgIpc) is 1.72. The molecular weight excluding hydrogens is 1540 g/mol. The van der Waals surface area contributed by atoms with Crippen molar-refractivity contribution in [3.05, 3.63) is 419 Å². The van der Waals surface area contributed by atoms with Crippen molar-refractivity contribution in [2.75, 3.05) is 0 Å². The van der Waals surface area contributed by atoms with Crippen molar-refractivity contribution in [1.29, 1.82) is 0 Å². The summed E-state index contributed by atoms with van der Waals surface area (Å²) in [6.45, 7) is 0. The summed E-state index contributed by atoms with van der Waals surface area (Å²) in [7, 11) is 0. The minimum absolute atomic E-state index is 1.01. The van der Waals surface area contributed by atoms with Gasteiger partial charge in [0.1, 0.15) is 0 Å². The molecule has 0 unspecified atom stereocenters. The van der Waals surface area contributed by atoms with Crippen molar-refractivity contribution in [2.24, 2.45) is 0 Å². The second kappa shape index (κ2) is 28.8. The SMILES string of the molecule is c1ccc2c(c1)-c1ccccc1-c1cc3cccnc3cc1-c1cc(-c3cccc4c3sc3ccccc34)ccc1-2.c1ccc2c(c1)-c1ccccc1-c1cc3nccc(-c4cccc5c4sc4ccccc45)c3cc1-c1ccccc1-2.c1ccc2c(c1)-c1ccccc1-c1cccc(-c3cccc4c3sc3ccccc34)c1-c1cc3ncccc3cc1-2. The van der Waals surface area contributed by atoms with E-state index < -0.39 is 0 Å². The van der Waals surface area contributed by atoms with Crippen molar-refractivity contribution in [3.63, 3.8) is 0 Å². The van der Waals surface area contributed by atoms with Gasteiger partial charge in [-0.25, -0.2) is 0 Å². The Bertz CT molecular complexity index is 8530. The van der Waals surface area contributed by atoms with Crippen molar-refractivity contribution in [1.82, 2.24) is 15.0 Å². The fourth-order valence-corrected chi connectivity index (χ4v) is 23.7. The van der Waals surface area contributed by atoms with Crippen LogP contribution in [0.2, 0.25) is 0 Å². The molecule has 0 saturated heterocycles. The number of nitrogens with zero attached hydrogens (tertiary/aromatic N) is 3. The van der Waals surface area contributed by atoms with Gasteiger partial charge in [0.25, 0.3) is 0 Å². The van der Waals surface area contributed by atoms with E-state index in [1.807, 2.05) is 64.7 Å². The number of benzene rings is 18. The van der Waals surface area contributed by atoms with Gasteiger partial charge in [-0.1, -0.05) is 322 Å². The molecule has 0 atom stereocenters. The van der Waals surface area contributed by atoms with Crippen LogP contribution in [0.3, 0.4) is 0 Å². The van der Waals surface area contributed by atoms with Gasteiger partial charge in [0.15, 0.2) is 0 Å². The summed E-state index contributed by atoms with van der Waals surface area (Å²) in [4.78, 5) is 14.5. The molecule has 0 amide bonds. The van der Waals surface area contributed by atoms with E-state index in [0.717, 1.165) is 27.3 Å². The van der Waals surface area contributed by atoms with Crippen LogP contribution in [0.15, 0.2) is 419 Å². The zero-order chi connectivity index (χ0) is 80.7. The van der Waals surface area contributed by atoms with Crippen LogP contribution in [0.5, 0.6) is 0 Å². The zero-order valence-corrected chi connectivity index (χ0v) is 68.9. The largest absolute Gasteiger partial charge is 0.256 e. The summed E-state index contributed by atoms with van der Waals surface area (Å²) in [5, 5.41) is 11.4. The van der Waals surface area contributed by atoms with Gasteiger partial charge in [-0.05, 0) is 235 Å². The van der Waals surface area contributed by atoms with Gasteiger partial charge in [-0.2, -0.15) is 0 Å². The fraction of sp³-hybridized carbons (Fsp3) is 0. The molecule has 6 heterocycles. The highest BCUT2D eigenvalue weighted by Gasteiger charge is 2.30. The van der Waals surface area contributed by atoms with Crippen LogP contribution in [0, 0.1) is 0 Å². The Balaban J connectivity index is 0.000000101.